The van der Waals surface area contributed by atoms with Crippen molar-refractivity contribution >= 4 is 11.9 Å². The highest BCUT2D eigenvalue weighted by molar-refractivity contribution is 5.88. The van der Waals surface area contributed by atoms with Gasteiger partial charge < -0.3 is 15.1 Å². The molecule has 112 valence electrons. The summed E-state index contributed by atoms with van der Waals surface area (Å²) in [7, 11) is 0. The molecule has 1 aromatic carbocycles. The average molecular weight is 289 g/mol. The molecule has 0 saturated carbocycles. The first-order chi connectivity index (χ1) is 10.0. The predicted molar refractivity (Wildman–Crippen MR) is 76.0 cm³/mol. The predicted octanol–water partition coefficient (Wildman–Crippen LogP) is 1.44. The molecule has 2 saturated heterocycles. The Hall–Kier alpha value is -1.88. The van der Waals surface area contributed by atoms with Crippen LogP contribution in [-0.2, 0) is 11.2 Å². The monoisotopic (exact) mass is 289 g/mol. The maximum atomic E-state index is 12.5. The standard InChI is InChI=1S/C16H19NO4/c18-14-8-12-4-5-13(9-14)17(12)15(19)7-10-2-1-3-11(6-10)16(20)21/h1-3,6,12-14,18H,4-5,7-9H2,(H,20,21)/t12-,13-/m0/s1. The highest BCUT2D eigenvalue weighted by Gasteiger charge is 2.42. The van der Waals surface area contributed by atoms with E-state index < -0.39 is 5.97 Å². The SMILES string of the molecule is O=C(O)c1cccc(CC(=O)N2[C@H]3CC[C@H]2CC(O)C3)c1. The van der Waals surface area contributed by atoms with Crippen LogP contribution in [0.15, 0.2) is 24.3 Å². The van der Waals surface area contributed by atoms with E-state index in [2.05, 4.69) is 0 Å². The number of carbonyl (C=O) groups excluding carboxylic acids is 1. The van der Waals surface area contributed by atoms with Crippen LogP contribution in [0.5, 0.6) is 0 Å². The molecule has 2 atom stereocenters. The molecule has 0 radical (unpaired) electrons. The third-order valence-corrected chi connectivity index (χ3v) is 4.53. The third-order valence-electron chi connectivity index (χ3n) is 4.53. The molecule has 1 amide bonds. The lowest BCUT2D eigenvalue weighted by Crippen LogP contribution is -2.48. The quantitative estimate of drug-likeness (QED) is 0.882. The number of carboxylic acids is 1. The summed E-state index contributed by atoms with van der Waals surface area (Å²) in [5.41, 5.74) is 0.933. The third kappa shape index (κ3) is 2.78. The first-order valence-corrected chi connectivity index (χ1v) is 7.36. The van der Waals surface area contributed by atoms with Gasteiger partial charge in [0.2, 0.25) is 5.91 Å². The van der Waals surface area contributed by atoms with Gasteiger partial charge in [-0.3, -0.25) is 4.79 Å². The fourth-order valence-corrected chi connectivity index (χ4v) is 3.64. The van der Waals surface area contributed by atoms with E-state index in [0.717, 1.165) is 18.4 Å². The van der Waals surface area contributed by atoms with E-state index in [9.17, 15) is 14.7 Å². The summed E-state index contributed by atoms with van der Waals surface area (Å²) in [4.78, 5) is 25.4. The number of fused-ring (bicyclic) bond motifs is 2. The van der Waals surface area contributed by atoms with E-state index in [1.165, 1.54) is 6.07 Å². The highest BCUT2D eigenvalue weighted by atomic mass is 16.4. The molecule has 2 fully saturated rings. The number of benzene rings is 1. The summed E-state index contributed by atoms with van der Waals surface area (Å²) in [5, 5.41) is 18.8. The number of hydrogen-bond donors (Lipinski definition) is 2. The van der Waals surface area contributed by atoms with Crippen LogP contribution in [0, 0.1) is 0 Å². The number of hydrogen-bond acceptors (Lipinski definition) is 3. The summed E-state index contributed by atoms with van der Waals surface area (Å²) in [5.74, 6) is -0.942. The molecule has 0 spiro atoms. The minimum Gasteiger partial charge on any atom is -0.478 e. The Kier molecular flexibility index (Phi) is 3.68. The van der Waals surface area contributed by atoms with Crippen LogP contribution in [0.2, 0.25) is 0 Å². The van der Waals surface area contributed by atoms with Gasteiger partial charge in [0.25, 0.3) is 0 Å². The molecular weight excluding hydrogens is 270 g/mol. The number of aliphatic hydroxyl groups excluding tert-OH is 1. The van der Waals surface area contributed by atoms with Gasteiger partial charge >= 0.3 is 5.97 Å². The van der Waals surface area contributed by atoms with Gasteiger partial charge in [0.1, 0.15) is 0 Å². The lowest BCUT2D eigenvalue weighted by Gasteiger charge is -2.37. The van der Waals surface area contributed by atoms with Crippen LogP contribution in [0.4, 0.5) is 0 Å². The molecule has 0 aromatic heterocycles. The second kappa shape index (κ2) is 5.48. The van der Waals surface area contributed by atoms with E-state index in [1.54, 1.807) is 18.2 Å². The van der Waals surface area contributed by atoms with Gasteiger partial charge in [0.05, 0.1) is 18.1 Å². The van der Waals surface area contributed by atoms with Crippen LogP contribution in [0.25, 0.3) is 0 Å². The Balaban J connectivity index is 1.72. The van der Waals surface area contributed by atoms with Crippen molar-refractivity contribution in [3.63, 3.8) is 0 Å². The van der Waals surface area contributed by atoms with Gasteiger partial charge in [-0.25, -0.2) is 4.79 Å². The second-order valence-electron chi connectivity index (χ2n) is 5.99. The molecule has 3 rings (SSSR count). The maximum absolute atomic E-state index is 12.5. The molecule has 21 heavy (non-hydrogen) atoms. The number of rotatable bonds is 3. The first-order valence-electron chi connectivity index (χ1n) is 7.36. The molecule has 2 heterocycles. The zero-order valence-electron chi connectivity index (χ0n) is 11.7. The number of carboxylic acid groups (broad SMARTS) is 1. The van der Waals surface area contributed by atoms with Gasteiger partial charge in [0, 0.05) is 12.1 Å². The molecule has 2 aliphatic rings. The Bertz CT molecular complexity index is 557. The molecule has 2 aliphatic heterocycles. The van der Waals surface area contributed by atoms with Gasteiger partial charge in [-0.15, -0.1) is 0 Å². The Morgan fingerprint density at radius 2 is 1.86 bits per heavy atom. The zero-order chi connectivity index (χ0) is 15.0. The summed E-state index contributed by atoms with van der Waals surface area (Å²) in [6, 6.07) is 6.83. The van der Waals surface area contributed by atoms with E-state index in [-0.39, 0.29) is 36.1 Å². The van der Waals surface area contributed by atoms with Gasteiger partial charge in [-0.05, 0) is 43.4 Å². The van der Waals surface area contributed by atoms with E-state index >= 15 is 0 Å². The smallest absolute Gasteiger partial charge is 0.335 e. The van der Waals surface area contributed by atoms with Crippen molar-refractivity contribution in [1.82, 2.24) is 4.90 Å². The summed E-state index contributed by atoms with van der Waals surface area (Å²) in [6.45, 7) is 0. The number of nitrogens with zero attached hydrogens (tertiary/aromatic N) is 1. The van der Waals surface area contributed by atoms with E-state index in [0.29, 0.717) is 12.8 Å². The van der Waals surface area contributed by atoms with Gasteiger partial charge in [-0.1, -0.05) is 12.1 Å². The molecular formula is C16H19NO4. The minimum absolute atomic E-state index is 0.0388. The first kappa shape index (κ1) is 14.1. The summed E-state index contributed by atoms with van der Waals surface area (Å²) >= 11 is 0. The van der Waals surface area contributed by atoms with E-state index in [1.807, 2.05) is 4.90 Å². The zero-order valence-corrected chi connectivity index (χ0v) is 11.7. The number of amides is 1. The highest BCUT2D eigenvalue weighted by Crippen LogP contribution is 2.36. The molecule has 5 heteroatoms. The lowest BCUT2D eigenvalue weighted by molar-refractivity contribution is -0.136. The van der Waals surface area contributed by atoms with Crippen LogP contribution >= 0.6 is 0 Å². The second-order valence-corrected chi connectivity index (χ2v) is 5.99. The van der Waals surface area contributed by atoms with Gasteiger partial charge in [0.15, 0.2) is 0 Å². The number of aromatic carboxylic acids is 1. The van der Waals surface area contributed by atoms with Crippen molar-refractivity contribution in [1.29, 1.82) is 0 Å². The number of piperidine rings is 1. The van der Waals surface area contributed by atoms with Crippen molar-refractivity contribution in [2.75, 3.05) is 0 Å². The topological polar surface area (TPSA) is 77.8 Å². The largest absolute Gasteiger partial charge is 0.478 e. The Labute approximate surface area is 123 Å². The summed E-state index contributed by atoms with van der Waals surface area (Å²) < 4.78 is 0. The minimum atomic E-state index is -0.981. The number of carbonyl (C=O) groups is 2. The molecule has 0 unspecified atom stereocenters. The molecule has 2 bridgehead atoms. The molecule has 5 nitrogen and oxygen atoms in total. The van der Waals surface area contributed by atoms with Crippen molar-refractivity contribution in [3.05, 3.63) is 35.4 Å². The van der Waals surface area contributed by atoms with Crippen molar-refractivity contribution in [2.45, 2.75) is 50.3 Å². The lowest BCUT2D eigenvalue weighted by atomic mass is 9.98. The van der Waals surface area contributed by atoms with Crippen LogP contribution in [0.1, 0.15) is 41.6 Å². The molecule has 2 N–H and O–H groups in total. The van der Waals surface area contributed by atoms with Crippen LogP contribution in [0.3, 0.4) is 0 Å². The van der Waals surface area contributed by atoms with Crippen LogP contribution in [-0.4, -0.2) is 45.2 Å². The Morgan fingerprint density at radius 1 is 1.19 bits per heavy atom. The average Bonchev–Trinajstić information content (AvgIpc) is 2.71. The van der Waals surface area contributed by atoms with E-state index in [4.69, 9.17) is 5.11 Å². The van der Waals surface area contributed by atoms with Crippen molar-refractivity contribution < 1.29 is 19.8 Å². The maximum Gasteiger partial charge on any atom is 0.335 e. The number of aliphatic hydroxyl groups is 1. The summed E-state index contributed by atoms with van der Waals surface area (Å²) in [6.07, 6.45) is 3.19. The van der Waals surface area contributed by atoms with Crippen molar-refractivity contribution in [2.24, 2.45) is 0 Å². The Morgan fingerprint density at radius 3 is 2.48 bits per heavy atom. The fraction of sp³-hybridized carbons (Fsp3) is 0.500. The van der Waals surface area contributed by atoms with Gasteiger partial charge in [-0.2, -0.15) is 0 Å². The fourth-order valence-electron chi connectivity index (χ4n) is 3.64. The molecule has 1 aromatic rings. The molecule has 0 aliphatic carbocycles. The van der Waals surface area contributed by atoms with Crippen molar-refractivity contribution in [3.8, 4) is 0 Å². The normalized spacial score (nSPS) is 27.7. The van der Waals surface area contributed by atoms with Crippen LogP contribution < -0.4 is 0 Å².